The van der Waals surface area contributed by atoms with Crippen molar-refractivity contribution < 1.29 is 13.6 Å². The van der Waals surface area contributed by atoms with Gasteiger partial charge in [0, 0.05) is 50.2 Å². The van der Waals surface area contributed by atoms with Crippen molar-refractivity contribution in [3.63, 3.8) is 0 Å². The predicted molar refractivity (Wildman–Crippen MR) is 156 cm³/mol. The Morgan fingerprint density at radius 2 is 1.59 bits per heavy atom. The van der Waals surface area contributed by atoms with Gasteiger partial charge in [0.25, 0.3) is 0 Å². The summed E-state index contributed by atoms with van der Waals surface area (Å²) in [7, 11) is 0. The second-order valence-corrected chi connectivity index (χ2v) is 9.71. The molecule has 1 atom stereocenters. The number of piperidine rings is 1. The summed E-state index contributed by atoms with van der Waals surface area (Å²) in [5.74, 6) is -1.49. The van der Waals surface area contributed by atoms with E-state index >= 15 is 0 Å². The molecule has 41 heavy (non-hydrogen) atoms. The number of carbonyl (C=O) groups is 1. The number of H-pyrrole nitrogens is 1. The number of benzene rings is 1. The van der Waals surface area contributed by atoms with Gasteiger partial charge in [-0.1, -0.05) is 24.6 Å². The molecule has 1 saturated heterocycles. The number of pyridine rings is 2. The van der Waals surface area contributed by atoms with Gasteiger partial charge in [0.2, 0.25) is 5.91 Å². The Labute approximate surface area is 238 Å². The van der Waals surface area contributed by atoms with Crippen molar-refractivity contribution in [2.75, 3.05) is 13.1 Å². The van der Waals surface area contributed by atoms with E-state index in [1.54, 1.807) is 17.7 Å². The molecular weight excluding hydrogens is 526 g/mol. The largest absolute Gasteiger partial charge is 0.343 e. The highest BCUT2D eigenvalue weighted by Crippen LogP contribution is 2.25. The molecule has 1 fully saturated rings. The molecule has 0 spiro atoms. The summed E-state index contributed by atoms with van der Waals surface area (Å²) in [6.45, 7) is 3.00. The zero-order valence-corrected chi connectivity index (χ0v) is 23.2. The number of nitrogens with zero attached hydrogens (tertiary/aromatic N) is 4. The zero-order valence-electron chi connectivity index (χ0n) is 23.2. The van der Waals surface area contributed by atoms with Crippen LogP contribution in [0, 0.1) is 24.5 Å². The van der Waals surface area contributed by atoms with Gasteiger partial charge in [0.15, 0.2) is 17.3 Å². The summed E-state index contributed by atoms with van der Waals surface area (Å²) in [5, 5.41) is 0. The third-order valence-electron chi connectivity index (χ3n) is 7.09. The molecule has 2 aliphatic rings. The Hall–Kier alpha value is -4.36. The molecule has 1 aromatic carbocycles. The summed E-state index contributed by atoms with van der Waals surface area (Å²) >= 11 is 0. The van der Waals surface area contributed by atoms with Gasteiger partial charge < -0.3 is 10.6 Å². The number of rotatable bonds is 1. The zero-order chi connectivity index (χ0) is 29.8. The standard InChI is InChI=1S/C13H16N4O2.C10H14N2.C6H4F2.C2H2/c1-9(18)16-7-4-10(5-8-16)17-11-3-2-6-14-12(11)15-13(17)19;11-9-5-1-2-6-10-8(9)4-3-7-12-10;7-5-3-1-2-4-6(5)8;1-2/h2-3,6,10H,4-5,7-8H2,1H3,(H,14,15,19);3-4,7,9H,1-2,5-6,11H2;1-4H;1-2H/t;9-;;/m.0../s1. The lowest BCUT2D eigenvalue weighted by molar-refractivity contribution is -0.130. The van der Waals surface area contributed by atoms with E-state index in [-0.39, 0.29) is 23.7 Å². The minimum atomic E-state index is -0.799. The van der Waals surface area contributed by atoms with Crippen LogP contribution in [0.4, 0.5) is 8.78 Å². The van der Waals surface area contributed by atoms with Crippen molar-refractivity contribution in [1.82, 2.24) is 24.4 Å². The monoisotopic (exact) mass is 562 g/mol. The average Bonchev–Trinajstić information content (AvgIpc) is 3.22. The van der Waals surface area contributed by atoms with Crippen molar-refractivity contribution in [2.45, 2.75) is 57.5 Å². The number of aromatic nitrogens is 4. The number of nitrogens with one attached hydrogen (secondary N) is 1. The number of aromatic amines is 1. The second-order valence-electron chi connectivity index (χ2n) is 9.71. The molecule has 0 unspecified atom stereocenters. The minimum absolute atomic E-state index is 0.103. The number of terminal acetylenes is 1. The number of fused-ring (bicyclic) bond motifs is 2. The first-order valence-electron chi connectivity index (χ1n) is 13.6. The molecule has 3 aromatic heterocycles. The van der Waals surface area contributed by atoms with Gasteiger partial charge in [-0.15, -0.1) is 12.8 Å². The Bertz CT molecular complexity index is 1470. The molecule has 4 heterocycles. The van der Waals surface area contributed by atoms with Crippen LogP contribution in [0.2, 0.25) is 0 Å². The molecule has 0 bridgehead atoms. The molecule has 1 aliphatic heterocycles. The highest BCUT2D eigenvalue weighted by atomic mass is 19.2. The van der Waals surface area contributed by atoms with Gasteiger partial charge in [0.1, 0.15) is 0 Å². The second kappa shape index (κ2) is 15.4. The molecule has 216 valence electrons. The van der Waals surface area contributed by atoms with Crippen LogP contribution in [0.15, 0.2) is 65.7 Å². The summed E-state index contributed by atoms with van der Waals surface area (Å²) in [5.41, 5.74) is 9.83. The van der Waals surface area contributed by atoms with Gasteiger partial charge in [-0.3, -0.25) is 19.3 Å². The maximum absolute atomic E-state index is 12.0. The lowest BCUT2D eigenvalue weighted by atomic mass is 10.0. The first-order valence-corrected chi connectivity index (χ1v) is 13.6. The third-order valence-corrected chi connectivity index (χ3v) is 7.09. The molecule has 0 saturated carbocycles. The van der Waals surface area contributed by atoms with Gasteiger partial charge in [-0.25, -0.2) is 18.6 Å². The first-order chi connectivity index (χ1) is 19.8. The SMILES string of the molecule is C#C.CC(=O)N1CCC(n2c(=O)[nH]c3ncccc32)CC1.Fc1ccccc1F.N[C@H]1CCCCc2ncccc21. The van der Waals surface area contributed by atoms with E-state index < -0.39 is 11.6 Å². The summed E-state index contributed by atoms with van der Waals surface area (Å²) in [6, 6.07) is 13.2. The van der Waals surface area contributed by atoms with Crippen LogP contribution in [0.5, 0.6) is 0 Å². The fourth-order valence-electron chi connectivity index (χ4n) is 5.01. The molecule has 6 rings (SSSR count). The summed E-state index contributed by atoms with van der Waals surface area (Å²) in [4.78, 5) is 36.5. The van der Waals surface area contributed by atoms with Gasteiger partial charge in [0.05, 0.1) is 5.52 Å². The number of hydrogen-bond donors (Lipinski definition) is 2. The van der Waals surface area contributed by atoms with E-state index in [2.05, 4.69) is 33.9 Å². The van der Waals surface area contributed by atoms with Gasteiger partial charge in [-0.05, 0) is 68.0 Å². The van der Waals surface area contributed by atoms with Crippen LogP contribution in [0.3, 0.4) is 0 Å². The van der Waals surface area contributed by atoms with E-state index in [1.807, 2.05) is 29.3 Å². The van der Waals surface area contributed by atoms with Crippen molar-refractivity contribution in [3.8, 4) is 12.8 Å². The quantitative estimate of drug-likeness (QED) is 0.253. The number of halogens is 2. The maximum Gasteiger partial charge on any atom is 0.327 e. The maximum atomic E-state index is 12.0. The number of likely N-dealkylation sites (tertiary alicyclic amines) is 1. The average molecular weight is 563 g/mol. The molecule has 1 aliphatic carbocycles. The van der Waals surface area contributed by atoms with Crippen LogP contribution >= 0.6 is 0 Å². The number of hydrogen-bond acceptors (Lipinski definition) is 5. The Morgan fingerprint density at radius 1 is 0.951 bits per heavy atom. The van der Waals surface area contributed by atoms with Crippen LogP contribution < -0.4 is 11.4 Å². The molecule has 10 heteroatoms. The normalized spacial score (nSPS) is 16.4. The fraction of sp³-hybridized carbons (Fsp3) is 0.355. The smallest absolute Gasteiger partial charge is 0.327 e. The van der Waals surface area contributed by atoms with Crippen LogP contribution in [-0.4, -0.2) is 43.4 Å². The van der Waals surface area contributed by atoms with Crippen molar-refractivity contribution in [2.24, 2.45) is 5.73 Å². The lowest BCUT2D eigenvalue weighted by Crippen LogP contribution is -2.39. The lowest BCUT2D eigenvalue weighted by Gasteiger charge is -2.31. The molecular formula is C31H36F2N6O2. The third kappa shape index (κ3) is 8.32. The number of imidazole rings is 1. The van der Waals surface area contributed by atoms with Crippen molar-refractivity contribution >= 4 is 17.1 Å². The number of nitrogens with two attached hydrogens (primary N) is 1. The van der Waals surface area contributed by atoms with Gasteiger partial charge >= 0.3 is 5.69 Å². The van der Waals surface area contributed by atoms with Crippen molar-refractivity contribution in [1.29, 1.82) is 0 Å². The van der Waals surface area contributed by atoms with Gasteiger partial charge in [-0.2, -0.15) is 0 Å². The van der Waals surface area contributed by atoms with Crippen LogP contribution in [0.25, 0.3) is 11.2 Å². The van der Waals surface area contributed by atoms with E-state index in [4.69, 9.17) is 5.73 Å². The van der Waals surface area contributed by atoms with Crippen LogP contribution in [-0.2, 0) is 11.2 Å². The fourth-order valence-corrected chi connectivity index (χ4v) is 5.01. The number of carbonyl (C=O) groups excluding carboxylic acids is 1. The number of amides is 1. The predicted octanol–water partition coefficient (Wildman–Crippen LogP) is 4.93. The van der Waals surface area contributed by atoms with E-state index in [1.165, 1.54) is 36.2 Å². The molecule has 1 amide bonds. The Morgan fingerprint density at radius 3 is 2.22 bits per heavy atom. The first kappa shape index (κ1) is 31.2. The molecule has 8 nitrogen and oxygen atoms in total. The van der Waals surface area contributed by atoms with E-state index in [0.717, 1.165) is 43.3 Å². The Kier molecular flexibility index (Phi) is 11.7. The molecule has 0 radical (unpaired) electrons. The number of aryl methyl sites for hydroxylation is 1. The summed E-state index contributed by atoms with van der Waals surface area (Å²) < 4.78 is 25.7. The topological polar surface area (TPSA) is 110 Å². The van der Waals surface area contributed by atoms with E-state index in [9.17, 15) is 18.4 Å². The van der Waals surface area contributed by atoms with Crippen molar-refractivity contribution in [3.05, 3.63) is 94.3 Å². The molecule has 3 N–H and O–H groups in total. The minimum Gasteiger partial charge on any atom is -0.343 e. The summed E-state index contributed by atoms with van der Waals surface area (Å²) in [6.07, 6.45) is 17.8. The van der Waals surface area contributed by atoms with E-state index in [0.29, 0.717) is 18.7 Å². The highest BCUT2D eigenvalue weighted by Gasteiger charge is 2.24. The molecule has 4 aromatic rings. The Balaban J connectivity index is 0.000000180. The van der Waals surface area contributed by atoms with Crippen LogP contribution in [0.1, 0.15) is 62.4 Å². The highest BCUT2D eigenvalue weighted by molar-refractivity contribution is 5.73.